The number of urea groups is 1. The molecule has 0 bridgehead atoms. The lowest BCUT2D eigenvalue weighted by atomic mass is 9.95. The molecule has 5 nitrogen and oxygen atoms in total. The molecule has 26 heavy (non-hydrogen) atoms. The molecule has 0 saturated carbocycles. The maximum absolute atomic E-state index is 13.7. The van der Waals surface area contributed by atoms with E-state index in [2.05, 4.69) is 5.32 Å². The van der Waals surface area contributed by atoms with Gasteiger partial charge in [-0.05, 0) is 23.3 Å². The predicted octanol–water partition coefficient (Wildman–Crippen LogP) is 2.82. The van der Waals surface area contributed by atoms with Gasteiger partial charge >= 0.3 is 6.03 Å². The highest BCUT2D eigenvalue weighted by molar-refractivity contribution is 6.01. The van der Waals surface area contributed by atoms with Crippen LogP contribution in [0, 0.1) is 5.82 Å². The molecule has 0 fully saturated rings. The van der Waals surface area contributed by atoms with Crippen LogP contribution in [0.3, 0.4) is 0 Å². The average molecular weight is 351 g/mol. The molecule has 0 saturated heterocycles. The Morgan fingerprint density at radius 2 is 1.88 bits per heavy atom. The van der Waals surface area contributed by atoms with Crippen molar-refractivity contribution in [3.05, 3.63) is 82.8 Å². The van der Waals surface area contributed by atoms with Gasteiger partial charge in [0.05, 0.1) is 23.9 Å². The fourth-order valence-corrected chi connectivity index (χ4v) is 3.49. The first-order valence-electron chi connectivity index (χ1n) is 8.40. The summed E-state index contributed by atoms with van der Waals surface area (Å²) in [4.78, 5) is 28.6. The quantitative estimate of drug-likeness (QED) is 0.925. The maximum atomic E-state index is 13.7. The number of nitrogens with zero attached hydrogens (tertiary/aromatic N) is 2. The monoisotopic (exact) mass is 351 g/mol. The predicted molar refractivity (Wildman–Crippen MR) is 94.3 cm³/mol. The van der Waals surface area contributed by atoms with E-state index in [1.807, 2.05) is 30.3 Å². The number of carbonyl (C=O) groups excluding carboxylic acids is 2. The summed E-state index contributed by atoms with van der Waals surface area (Å²) in [5.74, 6) is -0.533. The Bertz CT molecular complexity index is 910. The summed E-state index contributed by atoms with van der Waals surface area (Å²) in [6.45, 7) is 0.823. The second kappa shape index (κ2) is 6.29. The molecular weight excluding hydrogens is 333 g/mol. The van der Waals surface area contributed by atoms with E-state index in [1.54, 1.807) is 24.1 Å². The van der Waals surface area contributed by atoms with Crippen LogP contribution < -0.4 is 5.32 Å². The molecule has 2 heterocycles. The highest BCUT2D eigenvalue weighted by Crippen LogP contribution is 2.36. The van der Waals surface area contributed by atoms with Crippen molar-refractivity contribution in [2.45, 2.75) is 12.6 Å². The molecule has 1 unspecified atom stereocenters. The lowest BCUT2D eigenvalue weighted by Gasteiger charge is -2.31. The Labute approximate surface area is 150 Å². The normalized spacial score (nSPS) is 19.7. The van der Waals surface area contributed by atoms with Crippen LogP contribution in [0.2, 0.25) is 0 Å². The number of hydrogen-bond donors (Lipinski definition) is 1. The minimum Gasteiger partial charge on any atom is -0.329 e. The van der Waals surface area contributed by atoms with E-state index in [0.717, 1.165) is 5.56 Å². The van der Waals surface area contributed by atoms with Crippen LogP contribution in [0.5, 0.6) is 0 Å². The lowest BCUT2D eigenvalue weighted by molar-refractivity contribution is -0.126. The molecule has 0 aliphatic carbocycles. The third kappa shape index (κ3) is 2.73. The zero-order chi connectivity index (χ0) is 18.3. The van der Waals surface area contributed by atoms with Crippen LogP contribution in [0.25, 0.3) is 0 Å². The van der Waals surface area contributed by atoms with Gasteiger partial charge in [0.2, 0.25) is 0 Å². The van der Waals surface area contributed by atoms with Gasteiger partial charge in [-0.2, -0.15) is 0 Å². The van der Waals surface area contributed by atoms with Crippen molar-refractivity contribution in [2.75, 3.05) is 13.6 Å². The zero-order valence-electron chi connectivity index (χ0n) is 14.3. The van der Waals surface area contributed by atoms with Crippen LogP contribution in [0.15, 0.2) is 65.9 Å². The number of benzene rings is 2. The maximum Gasteiger partial charge on any atom is 0.322 e. The van der Waals surface area contributed by atoms with Crippen LogP contribution in [0.4, 0.5) is 9.18 Å². The fourth-order valence-electron chi connectivity index (χ4n) is 3.49. The molecule has 1 N–H and O–H groups in total. The van der Waals surface area contributed by atoms with E-state index in [4.69, 9.17) is 0 Å². The van der Waals surface area contributed by atoms with Crippen molar-refractivity contribution >= 4 is 11.9 Å². The van der Waals surface area contributed by atoms with Crippen molar-refractivity contribution in [3.8, 4) is 0 Å². The van der Waals surface area contributed by atoms with Crippen LogP contribution in [-0.4, -0.2) is 35.3 Å². The second-order valence-electron chi connectivity index (χ2n) is 6.50. The first kappa shape index (κ1) is 16.3. The summed E-state index contributed by atoms with van der Waals surface area (Å²) in [6.07, 6.45) is 0. The molecule has 2 aliphatic rings. The van der Waals surface area contributed by atoms with E-state index < -0.39 is 11.9 Å². The number of rotatable bonds is 3. The minimum absolute atomic E-state index is 0.134. The van der Waals surface area contributed by atoms with Crippen LogP contribution in [0.1, 0.15) is 17.2 Å². The van der Waals surface area contributed by atoms with E-state index in [0.29, 0.717) is 29.9 Å². The number of likely N-dealkylation sites (N-methyl/N-ethyl adjacent to an activating group) is 1. The van der Waals surface area contributed by atoms with Crippen molar-refractivity contribution in [2.24, 2.45) is 0 Å². The molecule has 3 amide bonds. The van der Waals surface area contributed by atoms with Crippen molar-refractivity contribution < 1.29 is 14.0 Å². The van der Waals surface area contributed by atoms with Gasteiger partial charge in [0.15, 0.2) is 0 Å². The highest BCUT2D eigenvalue weighted by atomic mass is 19.1. The summed E-state index contributed by atoms with van der Waals surface area (Å²) in [7, 11) is 1.64. The van der Waals surface area contributed by atoms with Gasteiger partial charge < -0.3 is 10.2 Å². The molecule has 6 heteroatoms. The molecule has 2 aromatic carbocycles. The molecule has 0 radical (unpaired) electrons. The highest BCUT2D eigenvalue weighted by Gasteiger charge is 2.42. The van der Waals surface area contributed by atoms with Crippen LogP contribution >= 0.6 is 0 Å². The first-order chi connectivity index (χ1) is 12.5. The third-order valence-corrected chi connectivity index (χ3v) is 4.83. The van der Waals surface area contributed by atoms with E-state index in [9.17, 15) is 14.0 Å². The fraction of sp³-hybridized carbons (Fsp3) is 0.200. The third-order valence-electron chi connectivity index (χ3n) is 4.83. The van der Waals surface area contributed by atoms with Crippen LogP contribution in [-0.2, 0) is 11.3 Å². The number of nitrogens with one attached hydrogen (secondary N) is 1. The molecule has 4 rings (SSSR count). The Balaban J connectivity index is 1.69. The van der Waals surface area contributed by atoms with Gasteiger partial charge in [0.1, 0.15) is 5.82 Å². The van der Waals surface area contributed by atoms with Gasteiger partial charge in [0.25, 0.3) is 5.91 Å². The first-order valence-corrected chi connectivity index (χ1v) is 8.40. The minimum atomic E-state index is -0.641. The summed E-state index contributed by atoms with van der Waals surface area (Å²) < 4.78 is 13.7. The summed E-state index contributed by atoms with van der Waals surface area (Å²) in [6, 6.07) is 14.8. The van der Waals surface area contributed by atoms with E-state index in [1.165, 1.54) is 17.0 Å². The van der Waals surface area contributed by atoms with E-state index >= 15 is 0 Å². The lowest BCUT2D eigenvalue weighted by Crippen LogP contribution is -2.45. The van der Waals surface area contributed by atoms with Crippen molar-refractivity contribution in [1.82, 2.24) is 15.1 Å². The Morgan fingerprint density at radius 3 is 2.62 bits per heavy atom. The molecule has 132 valence electrons. The van der Waals surface area contributed by atoms with Gasteiger partial charge in [0, 0.05) is 13.6 Å². The van der Waals surface area contributed by atoms with Gasteiger partial charge in [-0.1, -0.05) is 42.5 Å². The van der Waals surface area contributed by atoms with Gasteiger partial charge in [-0.25, -0.2) is 9.18 Å². The number of halogens is 1. The Kier molecular flexibility index (Phi) is 3.95. The topological polar surface area (TPSA) is 52.7 Å². The second-order valence-corrected chi connectivity index (χ2v) is 6.50. The summed E-state index contributed by atoms with van der Waals surface area (Å²) in [5, 5.41) is 2.81. The SMILES string of the molecule is CN1C(=O)NC(c2cccc(F)c2)C2=C1CN(Cc1ccccc1)C2=O. The molecular formula is C20H18FN3O2. The number of carbonyl (C=O) groups is 2. The van der Waals surface area contributed by atoms with Gasteiger partial charge in [-0.3, -0.25) is 9.69 Å². The Hall–Kier alpha value is -3.15. The van der Waals surface area contributed by atoms with Crippen molar-refractivity contribution in [3.63, 3.8) is 0 Å². The molecule has 0 aromatic heterocycles. The standard InChI is InChI=1S/C20H18FN3O2/c1-23-16-12-24(11-13-6-3-2-4-7-13)19(25)17(16)18(22-20(23)26)14-8-5-9-15(21)10-14/h2-10,18H,11-12H2,1H3,(H,22,26). The smallest absolute Gasteiger partial charge is 0.322 e. The summed E-state index contributed by atoms with van der Waals surface area (Å²) >= 11 is 0. The van der Waals surface area contributed by atoms with Crippen molar-refractivity contribution in [1.29, 1.82) is 0 Å². The number of hydrogen-bond acceptors (Lipinski definition) is 2. The number of amides is 3. The molecule has 1 atom stereocenters. The Morgan fingerprint density at radius 1 is 1.12 bits per heavy atom. The average Bonchev–Trinajstić information content (AvgIpc) is 2.96. The van der Waals surface area contributed by atoms with Gasteiger partial charge in [-0.15, -0.1) is 0 Å². The largest absolute Gasteiger partial charge is 0.329 e. The zero-order valence-corrected chi connectivity index (χ0v) is 14.3. The molecule has 0 spiro atoms. The summed E-state index contributed by atoms with van der Waals surface area (Å²) in [5.41, 5.74) is 2.76. The van der Waals surface area contributed by atoms with E-state index in [-0.39, 0.29) is 11.9 Å². The molecule has 2 aromatic rings. The molecule has 2 aliphatic heterocycles.